The Morgan fingerprint density at radius 2 is 2.23 bits per heavy atom. The highest BCUT2D eigenvalue weighted by atomic mass is 16.3. The predicted octanol–water partition coefficient (Wildman–Crippen LogP) is 2.48. The second kappa shape index (κ2) is 3.15. The van der Waals surface area contributed by atoms with Crippen molar-refractivity contribution in [3.8, 4) is 0 Å². The van der Waals surface area contributed by atoms with Crippen LogP contribution in [0.4, 0.5) is 0 Å². The van der Waals surface area contributed by atoms with Gasteiger partial charge in [-0.2, -0.15) is 0 Å². The van der Waals surface area contributed by atoms with E-state index in [4.69, 9.17) is 0 Å². The molecule has 2 rings (SSSR count). The van der Waals surface area contributed by atoms with E-state index < -0.39 is 0 Å². The summed E-state index contributed by atoms with van der Waals surface area (Å²) in [5, 5.41) is 9.39. The van der Waals surface area contributed by atoms with Crippen molar-refractivity contribution < 1.29 is 5.11 Å². The molecule has 1 aromatic carbocycles. The lowest BCUT2D eigenvalue weighted by atomic mass is 10.1. The number of benzene rings is 1. The Morgan fingerprint density at radius 3 is 2.77 bits per heavy atom. The van der Waals surface area contributed by atoms with Crippen LogP contribution in [-0.4, -0.2) is 11.2 Å². The monoisotopic (exact) mass is 176 g/mol. The van der Waals surface area contributed by atoms with Crippen molar-refractivity contribution in [3.05, 3.63) is 35.4 Å². The Bertz CT molecular complexity index is 304. The molecule has 0 saturated heterocycles. The summed E-state index contributed by atoms with van der Waals surface area (Å²) in [6.07, 6.45) is 1.01. The molecule has 1 saturated carbocycles. The fourth-order valence-corrected chi connectivity index (χ4v) is 2.03. The van der Waals surface area contributed by atoms with Crippen LogP contribution in [0.2, 0.25) is 0 Å². The van der Waals surface area contributed by atoms with Gasteiger partial charge in [-0.3, -0.25) is 0 Å². The van der Waals surface area contributed by atoms with E-state index in [9.17, 15) is 5.11 Å². The second-order valence-electron chi connectivity index (χ2n) is 4.16. The van der Waals surface area contributed by atoms with Crippen LogP contribution in [0.3, 0.4) is 0 Å². The summed E-state index contributed by atoms with van der Waals surface area (Å²) in [4.78, 5) is 0. The Hall–Kier alpha value is -0.820. The van der Waals surface area contributed by atoms with Gasteiger partial charge in [-0.05, 0) is 37.7 Å². The summed E-state index contributed by atoms with van der Waals surface area (Å²) in [5.41, 5.74) is 2.71. The van der Waals surface area contributed by atoms with E-state index >= 15 is 0 Å². The van der Waals surface area contributed by atoms with Gasteiger partial charge in [0.05, 0.1) is 6.10 Å². The molecule has 0 amide bonds. The van der Waals surface area contributed by atoms with Crippen LogP contribution in [0.1, 0.15) is 30.4 Å². The van der Waals surface area contributed by atoms with E-state index in [1.54, 1.807) is 0 Å². The zero-order valence-electron chi connectivity index (χ0n) is 8.20. The fourth-order valence-electron chi connectivity index (χ4n) is 2.03. The molecule has 1 aromatic rings. The molecule has 0 radical (unpaired) electrons. The fraction of sp³-hybridized carbons (Fsp3) is 0.500. The maximum Gasteiger partial charge on any atom is 0.0546 e. The van der Waals surface area contributed by atoms with Gasteiger partial charge in [0, 0.05) is 0 Å². The topological polar surface area (TPSA) is 20.2 Å². The van der Waals surface area contributed by atoms with Crippen LogP contribution in [0.25, 0.3) is 0 Å². The lowest BCUT2D eigenvalue weighted by Crippen LogP contribution is -2.03. The van der Waals surface area contributed by atoms with E-state index in [0.717, 1.165) is 6.42 Å². The van der Waals surface area contributed by atoms with Gasteiger partial charge in [-0.25, -0.2) is 0 Å². The van der Waals surface area contributed by atoms with Gasteiger partial charge in [0.15, 0.2) is 0 Å². The molecular weight excluding hydrogens is 160 g/mol. The van der Waals surface area contributed by atoms with Crippen LogP contribution in [0.15, 0.2) is 24.3 Å². The number of hydrogen-bond donors (Lipinski definition) is 1. The molecule has 1 aliphatic carbocycles. The zero-order chi connectivity index (χ0) is 9.42. The second-order valence-corrected chi connectivity index (χ2v) is 4.16. The van der Waals surface area contributed by atoms with Crippen LogP contribution < -0.4 is 0 Å². The number of rotatable bonds is 2. The lowest BCUT2D eigenvalue weighted by molar-refractivity contribution is 0.169. The zero-order valence-corrected chi connectivity index (χ0v) is 8.20. The van der Waals surface area contributed by atoms with Crippen molar-refractivity contribution in [2.45, 2.75) is 32.3 Å². The van der Waals surface area contributed by atoms with Crippen molar-refractivity contribution in [1.82, 2.24) is 0 Å². The van der Waals surface area contributed by atoms with Gasteiger partial charge in [0.25, 0.3) is 0 Å². The van der Waals surface area contributed by atoms with Gasteiger partial charge in [0.1, 0.15) is 0 Å². The van der Waals surface area contributed by atoms with Crippen molar-refractivity contribution >= 4 is 0 Å². The Morgan fingerprint density at radius 1 is 1.46 bits per heavy atom. The van der Waals surface area contributed by atoms with E-state index in [-0.39, 0.29) is 6.10 Å². The number of aryl methyl sites for hydroxylation is 1. The quantitative estimate of drug-likeness (QED) is 0.734. The highest BCUT2D eigenvalue weighted by Gasteiger charge is 2.41. The molecule has 1 fully saturated rings. The van der Waals surface area contributed by atoms with Crippen LogP contribution in [0, 0.1) is 12.8 Å². The SMILES string of the molecule is Cc1cccc([C@H]2C[C@@H]2[C@@H](C)O)c1. The minimum absolute atomic E-state index is 0.148. The van der Waals surface area contributed by atoms with Gasteiger partial charge in [-0.1, -0.05) is 29.8 Å². The van der Waals surface area contributed by atoms with Gasteiger partial charge in [0.2, 0.25) is 0 Å². The van der Waals surface area contributed by atoms with Crippen molar-refractivity contribution in [3.63, 3.8) is 0 Å². The first-order valence-electron chi connectivity index (χ1n) is 4.93. The van der Waals surface area contributed by atoms with E-state index in [0.29, 0.717) is 11.8 Å². The molecule has 1 nitrogen and oxygen atoms in total. The first kappa shape index (κ1) is 8.76. The summed E-state index contributed by atoms with van der Waals surface area (Å²) >= 11 is 0. The number of aliphatic hydroxyl groups is 1. The number of hydrogen-bond acceptors (Lipinski definition) is 1. The summed E-state index contributed by atoms with van der Waals surface area (Å²) in [6, 6.07) is 8.61. The molecule has 3 atom stereocenters. The van der Waals surface area contributed by atoms with Gasteiger partial charge in [-0.15, -0.1) is 0 Å². The predicted molar refractivity (Wildman–Crippen MR) is 53.7 cm³/mol. The average molecular weight is 176 g/mol. The Kier molecular flexibility index (Phi) is 2.12. The summed E-state index contributed by atoms with van der Waals surface area (Å²) in [6.45, 7) is 4.00. The first-order valence-corrected chi connectivity index (χ1v) is 4.93. The van der Waals surface area contributed by atoms with E-state index in [2.05, 4.69) is 31.2 Å². The Balaban J connectivity index is 2.12. The third kappa shape index (κ3) is 1.75. The Labute approximate surface area is 79.4 Å². The summed E-state index contributed by atoms with van der Waals surface area (Å²) < 4.78 is 0. The molecule has 1 aliphatic rings. The maximum absolute atomic E-state index is 9.39. The minimum Gasteiger partial charge on any atom is -0.393 e. The highest BCUT2D eigenvalue weighted by Crippen LogP contribution is 2.49. The third-order valence-electron chi connectivity index (χ3n) is 2.93. The highest BCUT2D eigenvalue weighted by molar-refractivity contribution is 5.30. The van der Waals surface area contributed by atoms with E-state index in [1.165, 1.54) is 11.1 Å². The normalized spacial score (nSPS) is 28.5. The van der Waals surface area contributed by atoms with Gasteiger partial charge >= 0.3 is 0 Å². The molecule has 0 aliphatic heterocycles. The largest absolute Gasteiger partial charge is 0.393 e. The standard InChI is InChI=1S/C12H16O/c1-8-4-3-5-10(6-8)12-7-11(12)9(2)13/h3-6,9,11-13H,7H2,1-2H3/t9-,11-,12-/m1/s1. The molecule has 70 valence electrons. The first-order chi connectivity index (χ1) is 6.18. The van der Waals surface area contributed by atoms with Crippen LogP contribution >= 0.6 is 0 Å². The van der Waals surface area contributed by atoms with Crippen LogP contribution in [0.5, 0.6) is 0 Å². The summed E-state index contributed by atoms with van der Waals surface area (Å²) in [5.74, 6) is 1.11. The molecule has 0 heterocycles. The van der Waals surface area contributed by atoms with E-state index in [1.807, 2.05) is 6.92 Å². The average Bonchev–Trinajstić information content (AvgIpc) is 2.82. The molecule has 0 bridgehead atoms. The van der Waals surface area contributed by atoms with Crippen molar-refractivity contribution in [2.75, 3.05) is 0 Å². The molecular formula is C12H16O. The molecule has 0 unspecified atom stereocenters. The number of aliphatic hydroxyl groups excluding tert-OH is 1. The van der Waals surface area contributed by atoms with Gasteiger partial charge < -0.3 is 5.11 Å². The molecule has 13 heavy (non-hydrogen) atoms. The molecule has 1 N–H and O–H groups in total. The van der Waals surface area contributed by atoms with Crippen LogP contribution in [-0.2, 0) is 0 Å². The summed E-state index contributed by atoms with van der Waals surface area (Å²) in [7, 11) is 0. The molecule has 1 heteroatoms. The minimum atomic E-state index is -0.148. The van der Waals surface area contributed by atoms with Crippen molar-refractivity contribution in [2.24, 2.45) is 5.92 Å². The maximum atomic E-state index is 9.39. The van der Waals surface area contributed by atoms with Crippen molar-refractivity contribution in [1.29, 1.82) is 0 Å². The lowest BCUT2D eigenvalue weighted by Gasteiger charge is -2.03. The molecule has 0 spiro atoms. The smallest absolute Gasteiger partial charge is 0.0546 e. The third-order valence-corrected chi connectivity index (χ3v) is 2.93. The molecule has 0 aromatic heterocycles.